The van der Waals surface area contributed by atoms with Gasteiger partial charge in [0.15, 0.2) is 12.2 Å². The average Bonchev–Trinajstić information content (AvgIpc) is 2.71. The van der Waals surface area contributed by atoms with E-state index in [1.54, 1.807) is 0 Å². The largest absolute Gasteiger partial charge is 0.463 e. The van der Waals surface area contributed by atoms with Crippen molar-refractivity contribution >= 4 is 44.5 Å². The van der Waals surface area contributed by atoms with Gasteiger partial charge in [-0.05, 0) is 15.9 Å². The van der Waals surface area contributed by atoms with Gasteiger partial charge in [0.2, 0.25) is 10.8 Å². The van der Waals surface area contributed by atoms with Gasteiger partial charge >= 0.3 is 23.9 Å². The number of carbonyl (C=O) groups excluding carboxylic acids is 5. The molecule has 4 atom stereocenters. The van der Waals surface area contributed by atoms with E-state index in [0.29, 0.717) is 0 Å². The fourth-order valence-corrected chi connectivity index (χ4v) is 1.98. The maximum absolute atomic E-state index is 11.9. The molecule has 0 saturated carbocycles. The Hall–Kier alpha value is -2.01. The van der Waals surface area contributed by atoms with Crippen LogP contribution >= 0.6 is 15.9 Å². The number of carbonyl (C=O) groups is 5. The van der Waals surface area contributed by atoms with Crippen molar-refractivity contribution in [3.63, 3.8) is 0 Å². The molecule has 0 amide bonds. The first-order chi connectivity index (χ1) is 13.6. The average molecular weight is 431 g/mol. The van der Waals surface area contributed by atoms with Crippen molar-refractivity contribution in [1.29, 1.82) is 0 Å². The van der Waals surface area contributed by atoms with Crippen molar-refractivity contribution < 1.29 is 53.5 Å². The van der Waals surface area contributed by atoms with Gasteiger partial charge in [-0.2, -0.15) is 0 Å². The SMILES string of the molecule is [2H]CC(=O)OC[C@@H](O)[C@@H](OC(=O)C[2H])[C@H](OC(=O)C[2H])[C@H](OC(=O)C[2H])C(=O)Br. The van der Waals surface area contributed by atoms with Gasteiger partial charge < -0.3 is 24.1 Å². The molecule has 0 aromatic heterocycles. The number of rotatable bonds is 9. The molecule has 0 aliphatic heterocycles. The first kappa shape index (κ1) is 16.5. The summed E-state index contributed by atoms with van der Waals surface area (Å²) in [5, 5.41) is 10.3. The van der Waals surface area contributed by atoms with Crippen LogP contribution in [0.2, 0.25) is 0 Å². The molecule has 0 aliphatic rings. The topological polar surface area (TPSA) is 143 Å². The summed E-state index contributed by atoms with van der Waals surface area (Å²) in [5.74, 6) is -4.77. The molecule has 0 aliphatic carbocycles. The number of aliphatic hydroxyl groups excluding tert-OH is 1. The van der Waals surface area contributed by atoms with E-state index in [1.165, 1.54) is 0 Å². The van der Waals surface area contributed by atoms with Crippen LogP contribution in [0.1, 0.15) is 33.1 Å². The van der Waals surface area contributed by atoms with Crippen molar-refractivity contribution in [2.75, 3.05) is 6.61 Å². The summed E-state index contributed by atoms with van der Waals surface area (Å²) in [7, 11) is 0. The van der Waals surface area contributed by atoms with E-state index in [4.69, 9.17) is 19.7 Å². The summed E-state index contributed by atoms with van der Waals surface area (Å²) in [6.07, 6.45) is -7.91. The molecular formula is C14H19BrO10. The van der Waals surface area contributed by atoms with Crippen molar-refractivity contribution in [2.24, 2.45) is 0 Å². The second kappa shape index (κ2) is 10.8. The highest BCUT2D eigenvalue weighted by Crippen LogP contribution is 2.20. The molecule has 0 rings (SSSR count). The predicted molar refractivity (Wildman–Crippen MR) is 83.2 cm³/mol. The zero-order valence-corrected chi connectivity index (χ0v) is 14.4. The number of esters is 4. The van der Waals surface area contributed by atoms with Crippen molar-refractivity contribution in [3.05, 3.63) is 0 Å². The van der Waals surface area contributed by atoms with Crippen molar-refractivity contribution in [2.45, 2.75) is 52.0 Å². The van der Waals surface area contributed by atoms with E-state index in [1.807, 2.05) is 0 Å². The summed E-state index contributed by atoms with van der Waals surface area (Å²) in [6.45, 7) is -4.46. The van der Waals surface area contributed by atoms with E-state index in [0.717, 1.165) is 0 Å². The van der Waals surface area contributed by atoms with E-state index in [2.05, 4.69) is 20.7 Å². The lowest BCUT2D eigenvalue weighted by atomic mass is 10.0. The third-order valence-corrected chi connectivity index (χ3v) is 2.88. The molecule has 0 spiro atoms. The van der Waals surface area contributed by atoms with E-state index in [-0.39, 0.29) is 0 Å². The van der Waals surface area contributed by atoms with Crippen LogP contribution in [0, 0.1) is 0 Å². The van der Waals surface area contributed by atoms with Crippen LogP contribution in [-0.2, 0) is 42.9 Å². The summed E-state index contributed by atoms with van der Waals surface area (Å²) in [5.41, 5.74) is 0. The van der Waals surface area contributed by atoms with Gasteiger partial charge in [0.05, 0.1) is 0 Å². The summed E-state index contributed by atoms with van der Waals surface area (Å²) < 4.78 is 45.6. The second-order valence-corrected chi connectivity index (χ2v) is 5.16. The smallest absolute Gasteiger partial charge is 0.303 e. The molecule has 10 nitrogen and oxygen atoms in total. The Morgan fingerprint density at radius 3 is 1.84 bits per heavy atom. The minimum Gasteiger partial charge on any atom is -0.463 e. The van der Waals surface area contributed by atoms with Crippen LogP contribution in [0.5, 0.6) is 0 Å². The normalized spacial score (nSPS) is 17.2. The number of aliphatic hydroxyl groups is 1. The van der Waals surface area contributed by atoms with E-state index < -0.39 is 87.2 Å². The molecule has 0 aromatic rings. The molecule has 0 fully saturated rings. The Bertz CT molecular complexity index is 605. The van der Waals surface area contributed by atoms with E-state index >= 15 is 0 Å². The Labute approximate surface area is 157 Å². The first-order valence-electron chi connectivity index (χ1n) is 9.22. The fraction of sp³-hybridized carbons (Fsp3) is 0.643. The highest BCUT2D eigenvalue weighted by atomic mass is 79.9. The quantitative estimate of drug-likeness (QED) is 0.292. The van der Waals surface area contributed by atoms with Crippen LogP contribution in [-0.4, -0.2) is 64.7 Å². The van der Waals surface area contributed by atoms with Gasteiger partial charge in [-0.1, -0.05) is 0 Å². The van der Waals surface area contributed by atoms with Gasteiger partial charge in [-0.15, -0.1) is 0 Å². The zero-order valence-electron chi connectivity index (χ0n) is 16.8. The van der Waals surface area contributed by atoms with Crippen molar-refractivity contribution in [1.82, 2.24) is 0 Å². The van der Waals surface area contributed by atoms with Crippen molar-refractivity contribution in [3.8, 4) is 0 Å². The maximum atomic E-state index is 11.9. The molecule has 0 saturated heterocycles. The minimum absolute atomic E-state index is 0.787. The predicted octanol–water partition coefficient (Wildman–Crippen LogP) is -0.373. The lowest BCUT2D eigenvalue weighted by Crippen LogP contribution is -2.53. The summed E-state index contributed by atoms with van der Waals surface area (Å²) in [6, 6.07) is 0. The summed E-state index contributed by atoms with van der Waals surface area (Å²) in [4.78, 5) is 57.6. The fourth-order valence-electron chi connectivity index (χ4n) is 1.63. The van der Waals surface area contributed by atoms with Crippen LogP contribution in [0.3, 0.4) is 0 Å². The van der Waals surface area contributed by atoms with Crippen LogP contribution < -0.4 is 0 Å². The second-order valence-electron chi connectivity index (χ2n) is 4.37. The van der Waals surface area contributed by atoms with Crippen LogP contribution in [0.25, 0.3) is 0 Å². The molecule has 142 valence electrons. The molecular weight excluding hydrogens is 408 g/mol. The Balaban J connectivity index is 5.96. The third-order valence-electron chi connectivity index (χ3n) is 2.43. The molecule has 0 unspecified atom stereocenters. The third kappa shape index (κ3) is 9.15. The molecule has 11 heteroatoms. The minimum atomic E-state index is -2.01. The molecule has 0 heterocycles. The monoisotopic (exact) mass is 430 g/mol. The Morgan fingerprint density at radius 1 is 0.880 bits per heavy atom. The standard InChI is InChI=1S/C14H19BrO10/c1-6(16)22-5-10(20)11(23-7(2)17)12(24-8(3)18)13(14(15)21)25-9(4)19/h10-13,20H,5H2,1-4H3/t10-,11-,12+,13+/m1/s1/i1D,2D,3D,4D. The number of hydrogen-bond acceptors (Lipinski definition) is 10. The van der Waals surface area contributed by atoms with Gasteiger partial charge in [-0.25, -0.2) is 0 Å². The van der Waals surface area contributed by atoms with Gasteiger partial charge in [0.1, 0.15) is 12.7 Å². The maximum Gasteiger partial charge on any atom is 0.303 e. The number of hydrogen-bond donors (Lipinski definition) is 1. The van der Waals surface area contributed by atoms with Crippen LogP contribution in [0.4, 0.5) is 0 Å². The molecule has 0 bridgehead atoms. The van der Waals surface area contributed by atoms with Gasteiger partial charge in [0, 0.05) is 33.1 Å². The Morgan fingerprint density at radius 2 is 1.36 bits per heavy atom. The zero-order chi connectivity index (χ0) is 22.6. The summed E-state index contributed by atoms with van der Waals surface area (Å²) >= 11 is 2.50. The molecule has 1 N–H and O–H groups in total. The molecule has 0 radical (unpaired) electrons. The van der Waals surface area contributed by atoms with Gasteiger partial charge in [-0.3, -0.25) is 24.0 Å². The Kier molecular flexibility index (Phi) is 7.09. The lowest BCUT2D eigenvalue weighted by Gasteiger charge is -2.32. The molecule has 25 heavy (non-hydrogen) atoms. The van der Waals surface area contributed by atoms with E-state index in [9.17, 15) is 29.1 Å². The number of halogens is 1. The lowest BCUT2D eigenvalue weighted by molar-refractivity contribution is -0.195. The van der Waals surface area contributed by atoms with Gasteiger partial charge in [0.25, 0.3) is 0 Å². The van der Waals surface area contributed by atoms with Crippen LogP contribution in [0.15, 0.2) is 0 Å². The number of ether oxygens (including phenoxy) is 4. The first-order valence-corrected chi connectivity index (χ1v) is 7.18. The molecule has 0 aromatic carbocycles. The highest BCUT2D eigenvalue weighted by molar-refractivity contribution is 9.18. The highest BCUT2D eigenvalue weighted by Gasteiger charge is 2.44.